The Morgan fingerprint density at radius 3 is 2.79 bits per heavy atom. The van der Waals surface area contributed by atoms with Gasteiger partial charge < -0.3 is 10.2 Å². The summed E-state index contributed by atoms with van der Waals surface area (Å²) in [6.45, 7) is 0. The molecular weight excluding hydrogens is 246 g/mol. The van der Waals surface area contributed by atoms with Crippen LogP contribution in [0.15, 0.2) is 46.9 Å². The van der Waals surface area contributed by atoms with Crippen molar-refractivity contribution < 1.29 is 9.34 Å². The molecule has 3 aromatic rings. The number of fused-ring (bicyclic) bond motifs is 1. The molecule has 0 saturated carbocycles. The number of nitrogens with two attached hydrogens (primary N) is 1. The second kappa shape index (κ2) is 4.09. The van der Waals surface area contributed by atoms with Gasteiger partial charge in [0.25, 0.3) is 5.69 Å². The van der Waals surface area contributed by atoms with Crippen molar-refractivity contribution in [2.24, 2.45) is 0 Å². The Morgan fingerprint density at radius 2 is 2.05 bits per heavy atom. The van der Waals surface area contributed by atoms with Gasteiger partial charge in [0.05, 0.1) is 4.92 Å². The van der Waals surface area contributed by atoms with Gasteiger partial charge in [-0.05, 0) is 24.3 Å². The summed E-state index contributed by atoms with van der Waals surface area (Å²) in [4.78, 5) is 14.5. The van der Waals surface area contributed by atoms with Crippen molar-refractivity contribution in [1.29, 1.82) is 0 Å². The van der Waals surface area contributed by atoms with E-state index < -0.39 is 4.92 Å². The minimum absolute atomic E-state index is 0.0140. The zero-order valence-corrected chi connectivity index (χ0v) is 9.74. The molecule has 3 rings (SSSR count). The first-order valence-electron chi connectivity index (χ1n) is 5.54. The van der Waals surface area contributed by atoms with Gasteiger partial charge in [0.2, 0.25) is 5.89 Å². The number of nitro groups is 1. The van der Waals surface area contributed by atoms with Crippen molar-refractivity contribution in [2.75, 3.05) is 5.73 Å². The minimum Gasteiger partial charge on any atom is -0.436 e. The fourth-order valence-corrected chi connectivity index (χ4v) is 1.82. The maximum absolute atomic E-state index is 10.7. The fraction of sp³-hybridized carbons (Fsp3) is 0. The zero-order chi connectivity index (χ0) is 13.4. The fourth-order valence-electron chi connectivity index (χ4n) is 1.82. The summed E-state index contributed by atoms with van der Waals surface area (Å²) in [5.74, 6) is 0.391. The molecule has 2 aromatic carbocycles. The lowest BCUT2D eigenvalue weighted by molar-refractivity contribution is -0.384. The summed E-state index contributed by atoms with van der Waals surface area (Å²) in [6.07, 6.45) is 0. The number of nitro benzene ring substituents is 1. The third kappa shape index (κ3) is 1.99. The molecule has 0 bridgehead atoms. The van der Waals surface area contributed by atoms with Gasteiger partial charge in [-0.3, -0.25) is 10.1 Å². The highest BCUT2D eigenvalue weighted by molar-refractivity contribution is 5.78. The van der Waals surface area contributed by atoms with Crippen LogP contribution < -0.4 is 5.73 Å². The van der Waals surface area contributed by atoms with Gasteiger partial charge in [-0.15, -0.1) is 0 Å². The van der Waals surface area contributed by atoms with Crippen molar-refractivity contribution in [3.63, 3.8) is 0 Å². The van der Waals surface area contributed by atoms with Crippen molar-refractivity contribution in [3.8, 4) is 11.5 Å². The van der Waals surface area contributed by atoms with E-state index in [0.717, 1.165) is 5.56 Å². The van der Waals surface area contributed by atoms with E-state index in [4.69, 9.17) is 10.2 Å². The topological polar surface area (TPSA) is 95.2 Å². The van der Waals surface area contributed by atoms with E-state index in [1.165, 1.54) is 18.2 Å². The lowest BCUT2D eigenvalue weighted by Crippen LogP contribution is -1.86. The largest absolute Gasteiger partial charge is 0.436 e. The normalized spacial score (nSPS) is 10.7. The average Bonchev–Trinajstić information content (AvgIpc) is 2.81. The first kappa shape index (κ1) is 11.2. The van der Waals surface area contributed by atoms with E-state index >= 15 is 0 Å². The Labute approximate surface area is 107 Å². The van der Waals surface area contributed by atoms with Crippen LogP contribution in [0.3, 0.4) is 0 Å². The van der Waals surface area contributed by atoms with Gasteiger partial charge in [0, 0.05) is 23.4 Å². The van der Waals surface area contributed by atoms with Gasteiger partial charge in [0.15, 0.2) is 5.58 Å². The zero-order valence-electron chi connectivity index (χ0n) is 9.74. The monoisotopic (exact) mass is 255 g/mol. The Morgan fingerprint density at radius 1 is 1.21 bits per heavy atom. The van der Waals surface area contributed by atoms with Crippen molar-refractivity contribution in [3.05, 3.63) is 52.6 Å². The third-order valence-electron chi connectivity index (χ3n) is 2.72. The maximum Gasteiger partial charge on any atom is 0.271 e. The minimum atomic E-state index is -0.464. The lowest BCUT2D eigenvalue weighted by atomic mass is 10.2. The maximum atomic E-state index is 10.7. The van der Waals surface area contributed by atoms with E-state index in [9.17, 15) is 10.1 Å². The number of anilines is 1. The molecule has 6 heteroatoms. The van der Waals surface area contributed by atoms with Gasteiger partial charge >= 0.3 is 0 Å². The molecule has 0 amide bonds. The quantitative estimate of drug-likeness (QED) is 0.431. The van der Waals surface area contributed by atoms with Gasteiger partial charge in [-0.25, -0.2) is 4.98 Å². The molecule has 0 fully saturated rings. The molecule has 1 heterocycles. The predicted octanol–water partition coefficient (Wildman–Crippen LogP) is 2.99. The molecule has 94 valence electrons. The number of rotatable bonds is 2. The van der Waals surface area contributed by atoms with Crippen LogP contribution in [0.1, 0.15) is 0 Å². The molecule has 0 unspecified atom stereocenters. The Hall–Kier alpha value is -2.89. The lowest BCUT2D eigenvalue weighted by Gasteiger charge is -1.95. The molecule has 0 aliphatic carbocycles. The summed E-state index contributed by atoms with van der Waals surface area (Å²) in [6, 6.07) is 11.4. The van der Waals surface area contributed by atoms with E-state index in [2.05, 4.69) is 4.98 Å². The van der Waals surface area contributed by atoms with Gasteiger partial charge in [-0.2, -0.15) is 0 Å². The summed E-state index contributed by atoms with van der Waals surface area (Å²) in [5, 5.41) is 10.7. The van der Waals surface area contributed by atoms with E-state index in [0.29, 0.717) is 22.7 Å². The highest BCUT2D eigenvalue weighted by atomic mass is 16.6. The van der Waals surface area contributed by atoms with Crippen molar-refractivity contribution in [1.82, 2.24) is 4.98 Å². The molecule has 0 aliphatic heterocycles. The van der Waals surface area contributed by atoms with Crippen LogP contribution in [0.2, 0.25) is 0 Å². The molecule has 0 aliphatic rings. The number of benzene rings is 2. The summed E-state index contributed by atoms with van der Waals surface area (Å²) < 4.78 is 5.55. The summed E-state index contributed by atoms with van der Waals surface area (Å²) >= 11 is 0. The molecule has 1 aromatic heterocycles. The predicted molar refractivity (Wildman–Crippen MR) is 70.5 cm³/mol. The second-order valence-corrected chi connectivity index (χ2v) is 4.05. The van der Waals surface area contributed by atoms with Crippen LogP contribution in [0.25, 0.3) is 22.6 Å². The Balaban J connectivity index is 2.14. The van der Waals surface area contributed by atoms with Crippen molar-refractivity contribution >= 4 is 22.5 Å². The Kier molecular flexibility index (Phi) is 2.42. The molecule has 2 N–H and O–H groups in total. The average molecular weight is 255 g/mol. The number of hydrogen-bond donors (Lipinski definition) is 1. The number of hydrogen-bond acceptors (Lipinski definition) is 5. The Bertz CT molecular complexity index is 780. The van der Waals surface area contributed by atoms with Crippen LogP contribution in [0.5, 0.6) is 0 Å². The molecule has 0 spiro atoms. The molecule has 0 saturated heterocycles. The van der Waals surface area contributed by atoms with Crippen LogP contribution in [0.4, 0.5) is 11.4 Å². The summed E-state index contributed by atoms with van der Waals surface area (Å²) in [7, 11) is 0. The van der Waals surface area contributed by atoms with Crippen molar-refractivity contribution in [2.45, 2.75) is 0 Å². The first-order chi connectivity index (χ1) is 9.13. The van der Waals surface area contributed by atoms with E-state index in [-0.39, 0.29) is 5.69 Å². The number of nitrogen functional groups attached to an aromatic ring is 1. The molecular formula is C13H9N3O3. The molecule has 0 radical (unpaired) electrons. The SMILES string of the molecule is Nc1cccc(-c2nc3cc([N+](=O)[O-])ccc3o2)c1. The van der Waals surface area contributed by atoms with Crippen LogP contribution >= 0.6 is 0 Å². The highest BCUT2D eigenvalue weighted by Gasteiger charge is 2.12. The second-order valence-electron chi connectivity index (χ2n) is 4.05. The van der Waals surface area contributed by atoms with Crippen LogP contribution in [-0.4, -0.2) is 9.91 Å². The molecule has 6 nitrogen and oxygen atoms in total. The number of aromatic nitrogens is 1. The smallest absolute Gasteiger partial charge is 0.271 e. The molecule has 0 atom stereocenters. The van der Waals surface area contributed by atoms with Crippen LogP contribution in [0, 0.1) is 10.1 Å². The van der Waals surface area contributed by atoms with Gasteiger partial charge in [-0.1, -0.05) is 6.07 Å². The van der Waals surface area contributed by atoms with Gasteiger partial charge in [0.1, 0.15) is 5.52 Å². The summed E-state index contributed by atoms with van der Waals surface area (Å²) in [5.41, 5.74) is 7.97. The van der Waals surface area contributed by atoms with Crippen LogP contribution in [-0.2, 0) is 0 Å². The van der Waals surface area contributed by atoms with E-state index in [1.807, 2.05) is 6.07 Å². The van der Waals surface area contributed by atoms with E-state index in [1.54, 1.807) is 18.2 Å². The number of nitrogens with zero attached hydrogens (tertiary/aromatic N) is 2. The number of oxazole rings is 1. The third-order valence-corrected chi connectivity index (χ3v) is 2.72. The number of non-ortho nitro benzene ring substituents is 1. The highest BCUT2D eigenvalue weighted by Crippen LogP contribution is 2.27. The standard InChI is InChI=1S/C13H9N3O3/c14-9-3-1-2-8(6-9)13-15-11-7-10(16(17)18)4-5-12(11)19-13/h1-7H,14H2. The molecule has 19 heavy (non-hydrogen) atoms. The first-order valence-corrected chi connectivity index (χ1v) is 5.54.